The van der Waals surface area contributed by atoms with Gasteiger partial charge in [-0.1, -0.05) is 78.3 Å². The lowest BCUT2D eigenvalue weighted by Gasteiger charge is -2.23. The summed E-state index contributed by atoms with van der Waals surface area (Å²) in [5, 5.41) is 7.66. The molecule has 0 saturated heterocycles. The van der Waals surface area contributed by atoms with Crippen molar-refractivity contribution in [3.05, 3.63) is 113 Å². The van der Waals surface area contributed by atoms with Gasteiger partial charge in [0.15, 0.2) is 0 Å². The van der Waals surface area contributed by atoms with Crippen LogP contribution >= 0.6 is 11.6 Å². The Bertz CT molecular complexity index is 1260. The molecule has 1 amide bonds. The van der Waals surface area contributed by atoms with Gasteiger partial charge < -0.3 is 0 Å². The molecular weight excluding hydrogens is 394 g/mol. The monoisotopic (exact) mass is 411 g/mol. The second-order valence-electron chi connectivity index (χ2n) is 7.21. The Balaban J connectivity index is 1.61. The van der Waals surface area contributed by atoms with E-state index in [-0.39, 0.29) is 11.9 Å². The third-order valence-electron chi connectivity index (χ3n) is 5.31. The third-order valence-corrected chi connectivity index (χ3v) is 5.61. The molecule has 0 radical (unpaired) electrons. The lowest BCUT2D eigenvalue weighted by atomic mass is 9.98. The Morgan fingerprint density at radius 3 is 2.33 bits per heavy atom. The van der Waals surface area contributed by atoms with Crippen LogP contribution in [-0.4, -0.2) is 21.6 Å². The highest BCUT2D eigenvalue weighted by molar-refractivity contribution is 6.30. The molecule has 0 bridgehead atoms. The van der Waals surface area contributed by atoms with Gasteiger partial charge in [0.05, 0.1) is 17.3 Å². The molecule has 2 heterocycles. The Morgan fingerprint density at radius 2 is 1.57 bits per heavy atom. The summed E-state index contributed by atoms with van der Waals surface area (Å²) in [6, 6.07) is 28.6. The number of carbonyl (C=O) groups is 1. The number of halogens is 1. The number of para-hydroxylation sites is 1. The fourth-order valence-corrected chi connectivity index (χ4v) is 4.07. The van der Waals surface area contributed by atoms with Gasteiger partial charge in [0.1, 0.15) is 5.15 Å². The topological polar surface area (TPSA) is 45.6 Å². The number of aromatic nitrogens is 1. The number of nitrogens with zero attached hydrogens (tertiary/aromatic N) is 3. The molecule has 0 aliphatic carbocycles. The summed E-state index contributed by atoms with van der Waals surface area (Å²) in [6.07, 6.45) is 0.572. The molecule has 1 unspecified atom stereocenters. The van der Waals surface area contributed by atoms with Crippen molar-refractivity contribution in [3.63, 3.8) is 0 Å². The maximum absolute atomic E-state index is 13.3. The van der Waals surface area contributed by atoms with Gasteiger partial charge in [-0.15, -0.1) is 0 Å². The third kappa shape index (κ3) is 3.36. The van der Waals surface area contributed by atoms with Gasteiger partial charge in [0.25, 0.3) is 5.91 Å². The van der Waals surface area contributed by atoms with Crippen LogP contribution in [0.5, 0.6) is 0 Å². The highest BCUT2D eigenvalue weighted by Crippen LogP contribution is 2.37. The van der Waals surface area contributed by atoms with E-state index in [1.165, 1.54) is 0 Å². The van der Waals surface area contributed by atoms with Crippen molar-refractivity contribution in [2.45, 2.75) is 12.5 Å². The van der Waals surface area contributed by atoms with Crippen molar-refractivity contribution in [3.8, 4) is 0 Å². The average Bonchev–Trinajstić information content (AvgIpc) is 3.24. The SMILES string of the molecule is O=C(c1ccccc1)N1N=C(c2ccccc2)CC1c1cc2ccccc2nc1Cl. The molecule has 1 aliphatic heterocycles. The summed E-state index contributed by atoms with van der Waals surface area (Å²) >= 11 is 6.59. The molecule has 1 aliphatic rings. The van der Waals surface area contributed by atoms with E-state index < -0.39 is 0 Å². The zero-order valence-corrected chi connectivity index (χ0v) is 16.8. The summed E-state index contributed by atoms with van der Waals surface area (Å²) in [7, 11) is 0. The zero-order valence-electron chi connectivity index (χ0n) is 16.1. The van der Waals surface area contributed by atoms with Crippen LogP contribution < -0.4 is 0 Å². The normalized spacial score (nSPS) is 16.0. The number of rotatable bonds is 3. The predicted octanol–water partition coefficient (Wildman–Crippen LogP) is 5.88. The Morgan fingerprint density at radius 1 is 0.900 bits per heavy atom. The van der Waals surface area contributed by atoms with E-state index in [9.17, 15) is 4.79 Å². The van der Waals surface area contributed by atoms with E-state index in [2.05, 4.69) is 4.98 Å². The molecule has 0 spiro atoms. The Hall–Kier alpha value is -3.50. The largest absolute Gasteiger partial charge is 0.274 e. The van der Waals surface area contributed by atoms with Crippen LogP contribution in [0.15, 0.2) is 96.1 Å². The standard InChI is InChI=1S/C25H18ClN3O/c26-24-20(15-19-13-7-8-14-21(19)27-24)23-16-22(17-9-3-1-4-10-17)28-29(23)25(30)18-11-5-2-6-12-18/h1-15,23H,16H2. The average molecular weight is 412 g/mol. The van der Waals surface area contributed by atoms with Gasteiger partial charge >= 0.3 is 0 Å². The first-order valence-corrected chi connectivity index (χ1v) is 10.2. The van der Waals surface area contributed by atoms with E-state index in [0.29, 0.717) is 17.1 Å². The van der Waals surface area contributed by atoms with Crippen molar-refractivity contribution in [2.24, 2.45) is 5.10 Å². The summed E-state index contributed by atoms with van der Waals surface area (Å²) in [6.45, 7) is 0. The molecule has 3 aromatic carbocycles. The maximum atomic E-state index is 13.3. The summed E-state index contributed by atoms with van der Waals surface area (Å²) < 4.78 is 0. The van der Waals surface area contributed by atoms with E-state index in [1.807, 2.05) is 78.9 Å². The quantitative estimate of drug-likeness (QED) is 0.395. The molecule has 0 N–H and O–H groups in total. The Labute approximate surface area is 179 Å². The van der Waals surface area contributed by atoms with Crippen LogP contribution in [0.3, 0.4) is 0 Å². The van der Waals surface area contributed by atoms with E-state index >= 15 is 0 Å². The van der Waals surface area contributed by atoms with Gasteiger partial charge in [-0.3, -0.25) is 4.79 Å². The van der Waals surface area contributed by atoms with E-state index in [0.717, 1.165) is 27.7 Å². The summed E-state index contributed by atoms with van der Waals surface area (Å²) in [5.74, 6) is -0.157. The number of hydrogen-bond acceptors (Lipinski definition) is 3. The molecule has 4 nitrogen and oxygen atoms in total. The summed E-state index contributed by atoms with van der Waals surface area (Å²) in [4.78, 5) is 17.9. The van der Waals surface area contributed by atoms with Crippen molar-refractivity contribution in [1.29, 1.82) is 0 Å². The first-order valence-electron chi connectivity index (χ1n) is 9.77. The fraction of sp³-hybridized carbons (Fsp3) is 0.0800. The lowest BCUT2D eigenvalue weighted by Crippen LogP contribution is -2.27. The predicted molar refractivity (Wildman–Crippen MR) is 120 cm³/mol. The van der Waals surface area contributed by atoms with Gasteiger partial charge in [0, 0.05) is 22.9 Å². The van der Waals surface area contributed by atoms with Crippen LogP contribution in [0.4, 0.5) is 0 Å². The van der Waals surface area contributed by atoms with Gasteiger partial charge in [0.2, 0.25) is 0 Å². The van der Waals surface area contributed by atoms with Crippen LogP contribution in [-0.2, 0) is 0 Å². The number of pyridine rings is 1. The molecule has 1 atom stereocenters. The molecule has 5 rings (SSSR count). The van der Waals surface area contributed by atoms with Gasteiger partial charge in [-0.2, -0.15) is 5.10 Å². The second-order valence-corrected chi connectivity index (χ2v) is 7.57. The highest BCUT2D eigenvalue weighted by atomic mass is 35.5. The molecule has 30 heavy (non-hydrogen) atoms. The first-order chi connectivity index (χ1) is 14.7. The number of carbonyl (C=O) groups excluding carboxylic acids is 1. The van der Waals surface area contributed by atoms with Crippen molar-refractivity contribution in [1.82, 2.24) is 9.99 Å². The highest BCUT2D eigenvalue weighted by Gasteiger charge is 2.35. The molecule has 146 valence electrons. The minimum absolute atomic E-state index is 0.157. The fourth-order valence-electron chi connectivity index (χ4n) is 3.80. The number of hydrazone groups is 1. The van der Waals surface area contributed by atoms with Crippen LogP contribution in [0, 0.1) is 0 Å². The molecule has 0 saturated carbocycles. The van der Waals surface area contributed by atoms with Crippen molar-refractivity contribution < 1.29 is 4.79 Å². The van der Waals surface area contributed by atoms with E-state index in [1.54, 1.807) is 17.1 Å². The van der Waals surface area contributed by atoms with Crippen LogP contribution in [0.25, 0.3) is 10.9 Å². The van der Waals surface area contributed by atoms with Gasteiger partial charge in [-0.25, -0.2) is 9.99 Å². The van der Waals surface area contributed by atoms with Crippen molar-refractivity contribution >= 4 is 34.1 Å². The minimum atomic E-state index is -0.322. The number of fused-ring (bicyclic) bond motifs is 1. The number of amides is 1. The lowest BCUT2D eigenvalue weighted by molar-refractivity contribution is 0.0711. The first kappa shape index (κ1) is 18.5. The van der Waals surface area contributed by atoms with Crippen molar-refractivity contribution in [2.75, 3.05) is 0 Å². The maximum Gasteiger partial charge on any atom is 0.274 e. The number of benzene rings is 3. The number of hydrogen-bond donors (Lipinski definition) is 0. The second kappa shape index (κ2) is 7.73. The molecular formula is C25H18ClN3O. The molecule has 1 aromatic heterocycles. The zero-order chi connectivity index (χ0) is 20.5. The van der Waals surface area contributed by atoms with Gasteiger partial charge in [-0.05, 0) is 29.8 Å². The van der Waals surface area contributed by atoms with E-state index in [4.69, 9.17) is 16.7 Å². The molecule has 5 heteroatoms. The minimum Gasteiger partial charge on any atom is -0.267 e. The summed E-state index contributed by atoms with van der Waals surface area (Å²) in [5.41, 5.74) is 4.07. The van der Waals surface area contributed by atoms with Crippen LogP contribution in [0.1, 0.15) is 33.9 Å². The Kier molecular flexibility index (Phi) is 4.77. The van der Waals surface area contributed by atoms with Crippen LogP contribution in [0.2, 0.25) is 5.15 Å². The molecule has 4 aromatic rings. The molecule has 0 fully saturated rings. The smallest absolute Gasteiger partial charge is 0.267 e.